The molecule has 1 N–H and O–H groups in total. The van der Waals surface area contributed by atoms with E-state index < -0.39 is 18.1 Å². The first kappa shape index (κ1) is 46.5. The molecule has 0 spiro atoms. The Morgan fingerprint density at radius 1 is 0.633 bits per heavy atom. The number of hydrogen-bond donors (Lipinski definition) is 1. The number of carboxylic acids is 1. The predicted octanol–water partition coefficient (Wildman–Crippen LogP) is 9.91. The quantitative estimate of drug-likeness (QED) is 0.0310. The van der Waals surface area contributed by atoms with Crippen LogP contribution in [0.4, 0.5) is 0 Å². The molecule has 49 heavy (non-hydrogen) atoms. The van der Waals surface area contributed by atoms with Gasteiger partial charge in [-0.2, -0.15) is 0 Å². The van der Waals surface area contributed by atoms with Gasteiger partial charge in [0.1, 0.15) is 6.61 Å². The molecule has 0 aliphatic rings. The lowest BCUT2D eigenvalue weighted by Gasteiger charge is -2.31. The number of unbranched alkanes of at least 4 members (excludes halogenated alkanes) is 14. The van der Waals surface area contributed by atoms with Crippen LogP contribution in [-0.4, -0.2) is 80.6 Å². The Balaban J connectivity index is 4.37. The molecular formula is C41H74NO7+. The number of carbonyl (C=O) groups is 3. The minimum absolute atomic E-state index is 0.0563. The van der Waals surface area contributed by atoms with Crippen molar-refractivity contribution in [1.29, 1.82) is 0 Å². The molecule has 2 atom stereocenters. The second-order valence-corrected chi connectivity index (χ2v) is 14.2. The zero-order valence-electron chi connectivity index (χ0n) is 32.1. The summed E-state index contributed by atoms with van der Waals surface area (Å²) < 4.78 is 17.2. The van der Waals surface area contributed by atoms with Crippen LogP contribution in [0, 0.1) is 0 Å². The van der Waals surface area contributed by atoms with Crippen LogP contribution in [0.3, 0.4) is 0 Å². The van der Waals surface area contributed by atoms with Gasteiger partial charge in [-0.15, -0.1) is 0 Å². The molecule has 0 bridgehead atoms. The number of hydrogen-bond acceptors (Lipinski definition) is 6. The van der Waals surface area contributed by atoms with Crippen molar-refractivity contribution < 1.29 is 38.2 Å². The van der Waals surface area contributed by atoms with E-state index in [4.69, 9.17) is 14.2 Å². The van der Waals surface area contributed by atoms with Gasteiger partial charge in [0.15, 0.2) is 12.1 Å². The summed E-state index contributed by atoms with van der Waals surface area (Å²) in [5, 5.41) is 9.57. The number of nitrogens with zero attached hydrogens (tertiary/aromatic N) is 1. The Morgan fingerprint density at radius 2 is 1.14 bits per heavy atom. The second-order valence-electron chi connectivity index (χ2n) is 14.2. The molecule has 0 aromatic heterocycles. The van der Waals surface area contributed by atoms with E-state index in [0.29, 0.717) is 19.3 Å². The van der Waals surface area contributed by atoms with Crippen molar-refractivity contribution in [1.82, 2.24) is 0 Å². The Hall–Kier alpha value is -2.45. The molecule has 0 aromatic carbocycles. The van der Waals surface area contributed by atoms with E-state index in [1.807, 2.05) is 21.1 Å². The average Bonchev–Trinajstić information content (AvgIpc) is 3.05. The third kappa shape index (κ3) is 31.3. The van der Waals surface area contributed by atoms with Gasteiger partial charge < -0.3 is 23.8 Å². The molecule has 0 heterocycles. The number of allylic oxidation sites excluding steroid dienone is 6. The number of quaternary nitrogens is 1. The Labute approximate surface area is 300 Å². The normalized spacial score (nSPS) is 13.4. The summed E-state index contributed by atoms with van der Waals surface area (Å²) in [7, 11) is 5.51. The summed E-state index contributed by atoms with van der Waals surface area (Å²) >= 11 is 0. The zero-order chi connectivity index (χ0) is 36.4. The lowest BCUT2D eigenvalue weighted by Crippen LogP contribution is -2.50. The van der Waals surface area contributed by atoms with Gasteiger partial charge in [0, 0.05) is 19.3 Å². The molecule has 284 valence electrons. The van der Waals surface area contributed by atoms with Gasteiger partial charge in [-0.25, -0.2) is 4.79 Å². The Bertz CT molecular complexity index is 906. The smallest absolute Gasteiger partial charge is 0.362 e. The van der Waals surface area contributed by atoms with Gasteiger partial charge in [0.05, 0.1) is 34.4 Å². The summed E-state index contributed by atoms with van der Waals surface area (Å²) in [6.45, 7) is 4.58. The van der Waals surface area contributed by atoms with Crippen LogP contribution in [0.1, 0.15) is 155 Å². The zero-order valence-corrected chi connectivity index (χ0v) is 32.1. The van der Waals surface area contributed by atoms with Crippen LogP contribution in [0.15, 0.2) is 36.5 Å². The largest absolute Gasteiger partial charge is 0.477 e. The maximum atomic E-state index is 12.6. The summed E-state index contributed by atoms with van der Waals surface area (Å²) in [5.41, 5.74) is 0. The maximum Gasteiger partial charge on any atom is 0.362 e. The lowest BCUT2D eigenvalue weighted by molar-refractivity contribution is -0.887. The molecule has 2 unspecified atom stereocenters. The SMILES string of the molecule is CC/C=C/C/C=C/C/C=C/CCCCCCCCC(=O)OCC(COCCC(C(=O)O)[N+](C)(C)C)OC(=O)CCCCCCCCCCC. The number of ether oxygens (including phenoxy) is 3. The molecule has 0 aliphatic carbocycles. The van der Waals surface area contributed by atoms with E-state index in [-0.39, 0.29) is 36.2 Å². The van der Waals surface area contributed by atoms with Crippen molar-refractivity contribution in [2.45, 2.75) is 167 Å². The van der Waals surface area contributed by atoms with Crippen LogP contribution >= 0.6 is 0 Å². The number of esters is 2. The molecule has 0 saturated carbocycles. The van der Waals surface area contributed by atoms with E-state index in [9.17, 15) is 19.5 Å². The number of carbonyl (C=O) groups excluding carboxylic acids is 2. The number of rotatable bonds is 34. The second kappa shape index (κ2) is 32.7. The monoisotopic (exact) mass is 693 g/mol. The predicted molar refractivity (Wildman–Crippen MR) is 201 cm³/mol. The highest BCUT2D eigenvalue weighted by molar-refractivity contribution is 5.72. The fourth-order valence-electron chi connectivity index (χ4n) is 5.52. The number of carboxylic acid groups (broad SMARTS) is 1. The highest BCUT2D eigenvalue weighted by atomic mass is 16.6. The van der Waals surface area contributed by atoms with E-state index in [0.717, 1.165) is 70.6 Å². The van der Waals surface area contributed by atoms with Crippen molar-refractivity contribution in [2.75, 3.05) is 41.0 Å². The molecule has 0 aromatic rings. The molecule has 8 heteroatoms. The molecule has 0 rings (SSSR count). The van der Waals surface area contributed by atoms with Crippen molar-refractivity contribution in [3.05, 3.63) is 36.5 Å². The highest BCUT2D eigenvalue weighted by Crippen LogP contribution is 2.13. The van der Waals surface area contributed by atoms with Gasteiger partial charge in [-0.3, -0.25) is 9.59 Å². The summed E-state index contributed by atoms with van der Waals surface area (Å²) in [6.07, 6.45) is 34.7. The summed E-state index contributed by atoms with van der Waals surface area (Å²) in [5.74, 6) is -1.49. The maximum absolute atomic E-state index is 12.6. The third-order valence-corrected chi connectivity index (χ3v) is 8.55. The Kier molecular flexibility index (Phi) is 31.1. The van der Waals surface area contributed by atoms with Gasteiger partial charge in [-0.1, -0.05) is 127 Å². The van der Waals surface area contributed by atoms with Gasteiger partial charge in [-0.05, 0) is 44.9 Å². The topological polar surface area (TPSA) is 99.1 Å². The van der Waals surface area contributed by atoms with Gasteiger partial charge in [0.25, 0.3) is 0 Å². The fourth-order valence-corrected chi connectivity index (χ4v) is 5.52. The van der Waals surface area contributed by atoms with Crippen LogP contribution in [0.25, 0.3) is 0 Å². The minimum atomic E-state index is -0.878. The molecular weight excluding hydrogens is 618 g/mol. The van der Waals surface area contributed by atoms with Crippen molar-refractivity contribution in [3.63, 3.8) is 0 Å². The highest BCUT2D eigenvalue weighted by Gasteiger charge is 2.31. The molecule has 0 amide bonds. The van der Waals surface area contributed by atoms with Gasteiger partial charge in [0.2, 0.25) is 0 Å². The summed E-state index contributed by atoms with van der Waals surface area (Å²) in [6, 6.07) is -0.613. The van der Waals surface area contributed by atoms with Crippen LogP contribution < -0.4 is 0 Å². The molecule has 0 aliphatic heterocycles. The molecule has 0 radical (unpaired) electrons. The number of aliphatic carboxylic acids is 1. The average molecular weight is 693 g/mol. The first-order valence-corrected chi connectivity index (χ1v) is 19.5. The lowest BCUT2D eigenvalue weighted by atomic mass is 10.1. The van der Waals surface area contributed by atoms with E-state index in [1.165, 1.54) is 51.4 Å². The van der Waals surface area contributed by atoms with E-state index in [1.54, 1.807) is 0 Å². The molecule has 0 saturated heterocycles. The van der Waals surface area contributed by atoms with Gasteiger partial charge >= 0.3 is 17.9 Å². The third-order valence-electron chi connectivity index (χ3n) is 8.55. The standard InChI is InChI=1S/C41H73NO7/c1-6-8-10-12-14-16-17-18-19-20-21-22-24-25-27-29-31-39(43)48-36-37(35-47-34-33-38(41(45)46)42(3,4)5)49-40(44)32-30-28-26-23-15-13-11-9-7-2/h8,10,14,16,18-19,37-38H,6-7,9,11-13,15,17,20-36H2,1-5H3/p+1/b10-8+,16-14+,19-18+. The Morgan fingerprint density at radius 3 is 1.69 bits per heavy atom. The first-order chi connectivity index (χ1) is 23.6. The van der Waals surface area contributed by atoms with Crippen LogP contribution in [0.2, 0.25) is 0 Å². The van der Waals surface area contributed by atoms with Crippen molar-refractivity contribution >= 4 is 17.9 Å². The van der Waals surface area contributed by atoms with Crippen molar-refractivity contribution in [2.24, 2.45) is 0 Å². The van der Waals surface area contributed by atoms with Crippen molar-refractivity contribution in [3.8, 4) is 0 Å². The van der Waals surface area contributed by atoms with E-state index in [2.05, 4.69) is 50.3 Å². The van der Waals surface area contributed by atoms with Crippen LogP contribution in [-0.2, 0) is 28.6 Å². The summed E-state index contributed by atoms with van der Waals surface area (Å²) in [4.78, 5) is 36.7. The fraction of sp³-hybridized carbons (Fsp3) is 0.780. The molecule has 8 nitrogen and oxygen atoms in total. The minimum Gasteiger partial charge on any atom is -0.477 e. The molecule has 0 fully saturated rings. The van der Waals surface area contributed by atoms with Crippen LogP contribution in [0.5, 0.6) is 0 Å². The number of likely N-dealkylation sites (N-methyl/N-ethyl adjacent to an activating group) is 1. The first-order valence-electron chi connectivity index (χ1n) is 19.5. The van der Waals surface area contributed by atoms with E-state index >= 15 is 0 Å².